The molecule has 1 fully saturated rings. The highest BCUT2D eigenvalue weighted by atomic mass is 16.7. The third kappa shape index (κ3) is 4.70. The minimum Gasteiger partial charge on any atom is -0.493 e. The number of benzene rings is 2. The Kier molecular flexibility index (Phi) is 6.90. The van der Waals surface area contributed by atoms with Crippen molar-refractivity contribution < 1.29 is 23.7 Å². The molecule has 0 saturated carbocycles. The first-order valence-electron chi connectivity index (χ1n) is 10.8. The SMILES string of the molecule is CN=C(NCc1ccc(OC)c(OC)c1)NCC1(c2ccc3c(c2)OCO3)CCOCC1. The first-order valence-corrected chi connectivity index (χ1v) is 10.8. The maximum Gasteiger partial charge on any atom is 0.231 e. The summed E-state index contributed by atoms with van der Waals surface area (Å²) in [4.78, 5) is 4.41. The molecule has 2 N–H and O–H groups in total. The van der Waals surface area contributed by atoms with Crippen LogP contribution in [0.25, 0.3) is 0 Å². The first kappa shape index (κ1) is 22.1. The highest BCUT2D eigenvalue weighted by Crippen LogP contribution is 2.40. The molecule has 2 aromatic rings. The Morgan fingerprint density at radius 2 is 1.75 bits per heavy atom. The number of aliphatic imine (C=N–C) groups is 1. The molecule has 32 heavy (non-hydrogen) atoms. The van der Waals surface area contributed by atoms with Gasteiger partial charge in [0.15, 0.2) is 29.0 Å². The molecule has 4 rings (SSSR count). The van der Waals surface area contributed by atoms with Gasteiger partial charge in [-0.1, -0.05) is 12.1 Å². The molecular weight excluding hydrogens is 410 g/mol. The highest BCUT2D eigenvalue weighted by Gasteiger charge is 2.35. The highest BCUT2D eigenvalue weighted by molar-refractivity contribution is 5.79. The summed E-state index contributed by atoms with van der Waals surface area (Å²) in [5, 5.41) is 6.91. The summed E-state index contributed by atoms with van der Waals surface area (Å²) in [6.45, 7) is 3.09. The zero-order valence-corrected chi connectivity index (χ0v) is 18.9. The Balaban J connectivity index is 1.43. The summed E-state index contributed by atoms with van der Waals surface area (Å²) in [6, 6.07) is 12.1. The van der Waals surface area contributed by atoms with E-state index in [0.717, 1.165) is 55.6 Å². The van der Waals surface area contributed by atoms with E-state index in [1.54, 1.807) is 21.3 Å². The van der Waals surface area contributed by atoms with E-state index in [1.165, 1.54) is 5.56 Å². The van der Waals surface area contributed by atoms with Gasteiger partial charge in [-0.25, -0.2) is 0 Å². The summed E-state index contributed by atoms with van der Waals surface area (Å²) in [5.41, 5.74) is 2.23. The minimum atomic E-state index is -0.0693. The topological polar surface area (TPSA) is 82.6 Å². The van der Waals surface area contributed by atoms with Crippen LogP contribution in [0, 0.1) is 0 Å². The number of methoxy groups -OCH3 is 2. The summed E-state index contributed by atoms with van der Waals surface area (Å²) < 4.78 is 27.5. The molecule has 8 heteroatoms. The van der Waals surface area contributed by atoms with E-state index in [9.17, 15) is 0 Å². The maximum absolute atomic E-state index is 5.67. The lowest BCUT2D eigenvalue weighted by molar-refractivity contribution is 0.0513. The molecule has 2 heterocycles. The van der Waals surface area contributed by atoms with Gasteiger partial charge in [0.1, 0.15) is 0 Å². The molecule has 2 aliphatic heterocycles. The predicted molar refractivity (Wildman–Crippen MR) is 122 cm³/mol. The van der Waals surface area contributed by atoms with Gasteiger partial charge >= 0.3 is 0 Å². The fourth-order valence-corrected chi connectivity index (χ4v) is 4.21. The molecule has 0 aromatic heterocycles. The van der Waals surface area contributed by atoms with Crippen LogP contribution in [0.2, 0.25) is 0 Å². The predicted octanol–water partition coefficient (Wildman–Crippen LogP) is 2.85. The Bertz CT molecular complexity index is 957. The number of ether oxygens (including phenoxy) is 5. The minimum absolute atomic E-state index is 0.0693. The summed E-state index contributed by atoms with van der Waals surface area (Å²) in [5.74, 6) is 3.77. The van der Waals surface area contributed by atoms with Crippen molar-refractivity contribution in [3.05, 3.63) is 47.5 Å². The second kappa shape index (κ2) is 9.99. The Morgan fingerprint density at radius 3 is 2.50 bits per heavy atom. The lowest BCUT2D eigenvalue weighted by atomic mass is 9.74. The summed E-state index contributed by atoms with van der Waals surface area (Å²) >= 11 is 0. The Hall–Kier alpha value is -3.13. The number of rotatable bonds is 7. The van der Waals surface area contributed by atoms with Gasteiger partial charge in [-0.05, 0) is 48.2 Å². The molecule has 0 radical (unpaired) electrons. The molecular formula is C24H31N3O5. The normalized spacial score (nSPS) is 17.0. The maximum atomic E-state index is 5.67. The molecule has 2 aliphatic rings. The van der Waals surface area contributed by atoms with Crippen molar-refractivity contribution >= 4 is 5.96 Å². The van der Waals surface area contributed by atoms with Crippen LogP contribution < -0.4 is 29.6 Å². The number of hydrogen-bond acceptors (Lipinski definition) is 6. The smallest absolute Gasteiger partial charge is 0.231 e. The van der Waals surface area contributed by atoms with Crippen LogP contribution in [0.15, 0.2) is 41.4 Å². The van der Waals surface area contributed by atoms with E-state index in [4.69, 9.17) is 23.7 Å². The largest absolute Gasteiger partial charge is 0.493 e. The van der Waals surface area contributed by atoms with Crippen LogP contribution in [0.3, 0.4) is 0 Å². The average Bonchev–Trinajstić information content (AvgIpc) is 3.32. The summed E-state index contributed by atoms with van der Waals surface area (Å²) in [6.07, 6.45) is 1.85. The van der Waals surface area contributed by atoms with Gasteiger partial charge in [-0.15, -0.1) is 0 Å². The molecule has 0 atom stereocenters. The van der Waals surface area contributed by atoms with E-state index < -0.39 is 0 Å². The van der Waals surface area contributed by atoms with Crippen molar-refractivity contribution in [2.24, 2.45) is 4.99 Å². The van der Waals surface area contributed by atoms with Crippen molar-refractivity contribution in [3.8, 4) is 23.0 Å². The van der Waals surface area contributed by atoms with Crippen molar-refractivity contribution in [1.29, 1.82) is 0 Å². The lowest BCUT2D eigenvalue weighted by Crippen LogP contribution is -2.47. The van der Waals surface area contributed by atoms with Crippen molar-refractivity contribution in [3.63, 3.8) is 0 Å². The summed E-state index contributed by atoms with van der Waals surface area (Å²) in [7, 11) is 5.05. The molecule has 172 valence electrons. The van der Waals surface area contributed by atoms with Crippen LogP contribution in [0.5, 0.6) is 23.0 Å². The van der Waals surface area contributed by atoms with E-state index in [-0.39, 0.29) is 12.2 Å². The number of nitrogens with zero attached hydrogens (tertiary/aromatic N) is 1. The molecule has 1 saturated heterocycles. The van der Waals surface area contributed by atoms with Crippen molar-refractivity contribution in [1.82, 2.24) is 10.6 Å². The van der Waals surface area contributed by atoms with Gasteiger partial charge in [0.25, 0.3) is 0 Å². The van der Waals surface area contributed by atoms with Crippen LogP contribution in [-0.2, 0) is 16.7 Å². The van der Waals surface area contributed by atoms with Gasteiger partial charge in [0.2, 0.25) is 6.79 Å². The van der Waals surface area contributed by atoms with Crippen LogP contribution in [0.4, 0.5) is 0 Å². The van der Waals surface area contributed by atoms with Gasteiger partial charge in [0, 0.05) is 38.8 Å². The van der Waals surface area contributed by atoms with Crippen LogP contribution >= 0.6 is 0 Å². The fourth-order valence-electron chi connectivity index (χ4n) is 4.21. The zero-order valence-electron chi connectivity index (χ0n) is 18.9. The second-order valence-electron chi connectivity index (χ2n) is 7.93. The zero-order chi connectivity index (χ0) is 22.4. The number of fused-ring (bicyclic) bond motifs is 1. The monoisotopic (exact) mass is 441 g/mol. The first-order chi connectivity index (χ1) is 15.7. The Labute approximate surface area is 188 Å². The Morgan fingerprint density at radius 1 is 0.969 bits per heavy atom. The van der Waals surface area contributed by atoms with Gasteiger partial charge in [-0.2, -0.15) is 0 Å². The molecule has 0 unspecified atom stereocenters. The van der Waals surface area contributed by atoms with Crippen LogP contribution in [-0.4, -0.2) is 53.8 Å². The second-order valence-corrected chi connectivity index (χ2v) is 7.93. The molecule has 0 bridgehead atoms. The van der Waals surface area contributed by atoms with Gasteiger partial charge < -0.3 is 34.3 Å². The van der Waals surface area contributed by atoms with Gasteiger partial charge in [-0.3, -0.25) is 4.99 Å². The lowest BCUT2D eigenvalue weighted by Gasteiger charge is -2.38. The standard InChI is InChI=1S/C24H31N3O5/c1-25-23(26-14-17-4-6-19(28-2)21(12-17)29-3)27-15-24(8-10-30-11-9-24)18-5-7-20-22(13-18)32-16-31-20/h4-7,12-13H,8-11,14-16H2,1-3H3,(H2,25,26,27). The quantitative estimate of drug-likeness (QED) is 0.505. The van der Waals surface area contributed by atoms with E-state index in [0.29, 0.717) is 18.0 Å². The van der Waals surface area contributed by atoms with Crippen molar-refractivity contribution in [2.75, 3.05) is 47.8 Å². The molecule has 8 nitrogen and oxygen atoms in total. The molecule has 0 spiro atoms. The third-order valence-corrected chi connectivity index (χ3v) is 6.16. The fraction of sp³-hybridized carbons (Fsp3) is 0.458. The number of guanidine groups is 1. The van der Waals surface area contributed by atoms with Crippen LogP contribution in [0.1, 0.15) is 24.0 Å². The van der Waals surface area contributed by atoms with E-state index in [2.05, 4.69) is 27.8 Å². The molecule has 0 aliphatic carbocycles. The van der Waals surface area contributed by atoms with Crippen molar-refractivity contribution in [2.45, 2.75) is 24.8 Å². The van der Waals surface area contributed by atoms with E-state index in [1.807, 2.05) is 24.3 Å². The molecule has 0 amide bonds. The van der Waals surface area contributed by atoms with E-state index >= 15 is 0 Å². The molecule has 2 aromatic carbocycles. The van der Waals surface area contributed by atoms with Gasteiger partial charge in [0.05, 0.1) is 14.2 Å². The number of nitrogens with one attached hydrogen (secondary N) is 2. The third-order valence-electron chi connectivity index (χ3n) is 6.16. The number of hydrogen-bond donors (Lipinski definition) is 2. The average molecular weight is 442 g/mol.